The van der Waals surface area contributed by atoms with Gasteiger partial charge in [0, 0.05) is 32.8 Å². The van der Waals surface area contributed by atoms with Gasteiger partial charge in [0.05, 0.1) is 22.7 Å². The minimum Gasteiger partial charge on any atom is -0.456 e. The van der Waals surface area contributed by atoms with Crippen LogP contribution in [0.1, 0.15) is 22.7 Å². The number of furan rings is 1. The van der Waals surface area contributed by atoms with Gasteiger partial charge in [0.1, 0.15) is 17.2 Å². The van der Waals surface area contributed by atoms with Gasteiger partial charge in [-0.1, -0.05) is 66.7 Å². The number of nitriles is 1. The highest BCUT2D eigenvalue weighted by molar-refractivity contribution is 6.21. The standard InChI is InChI=1S/C33H20N4O/c34-19-20-8-7-9-21(16-20)32-24-12-1-4-13-27(24)35-33(36-32)37-28-14-5-2-10-22(28)25-18-31-26(17-29(25)37)23-11-3-6-15-30(23)38-31/h1-18,32H,(H,35,36). The van der Waals surface area contributed by atoms with E-state index in [-0.39, 0.29) is 6.04 Å². The third kappa shape index (κ3) is 2.95. The minimum absolute atomic E-state index is 0.245. The third-order valence-electron chi connectivity index (χ3n) is 7.47. The molecule has 5 nitrogen and oxygen atoms in total. The molecule has 0 aliphatic carbocycles. The van der Waals surface area contributed by atoms with Crippen LogP contribution in [0.15, 0.2) is 119 Å². The Labute approximate surface area is 217 Å². The van der Waals surface area contributed by atoms with Gasteiger partial charge in [-0.3, -0.25) is 4.57 Å². The van der Waals surface area contributed by atoms with Gasteiger partial charge in [-0.15, -0.1) is 0 Å². The average Bonchev–Trinajstić information content (AvgIpc) is 3.50. The maximum Gasteiger partial charge on any atom is 0.208 e. The fourth-order valence-electron chi connectivity index (χ4n) is 5.75. The van der Waals surface area contributed by atoms with Gasteiger partial charge in [-0.2, -0.15) is 5.26 Å². The first kappa shape index (κ1) is 20.8. The summed E-state index contributed by atoms with van der Waals surface area (Å²) in [5, 5.41) is 17.6. The maximum atomic E-state index is 9.53. The fraction of sp³-hybridized carbons (Fsp3) is 0.0303. The zero-order chi connectivity index (χ0) is 25.2. The van der Waals surface area contributed by atoms with E-state index in [1.165, 1.54) is 0 Å². The van der Waals surface area contributed by atoms with Crippen molar-refractivity contribution in [1.82, 2.24) is 4.57 Å². The second-order valence-corrected chi connectivity index (χ2v) is 9.62. The second kappa shape index (κ2) is 7.83. The zero-order valence-corrected chi connectivity index (χ0v) is 20.2. The summed E-state index contributed by atoms with van der Waals surface area (Å²) >= 11 is 0. The first-order valence-electron chi connectivity index (χ1n) is 12.6. The van der Waals surface area contributed by atoms with Gasteiger partial charge in [0.2, 0.25) is 5.96 Å². The van der Waals surface area contributed by atoms with Crippen LogP contribution in [0.5, 0.6) is 0 Å². The van der Waals surface area contributed by atoms with Crippen molar-refractivity contribution in [1.29, 1.82) is 5.26 Å². The van der Waals surface area contributed by atoms with Crippen molar-refractivity contribution in [3.05, 3.63) is 126 Å². The number of hydrogen-bond donors (Lipinski definition) is 1. The third-order valence-corrected chi connectivity index (χ3v) is 7.47. The lowest BCUT2D eigenvalue weighted by Crippen LogP contribution is -2.27. The van der Waals surface area contributed by atoms with Crippen LogP contribution < -0.4 is 5.32 Å². The van der Waals surface area contributed by atoms with Crippen molar-refractivity contribution in [3.63, 3.8) is 0 Å². The van der Waals surface area contributed by atoms with E-state index >= 15 is 0 Å². The zero-order valence-electron chi connectivity index (χ0n) is 20.2. The summed E-state index contributed by atoms with van der Waals surface area (Å²) in [6, 6.07) is 38.9. The first-order valence-corrected chi connectivity index (χ1v) is 12.6. The van der Waals surface area contributed by atoms with Crippen LogP contribution in [0.4, 0.5) is 5.69 Å². The molecule has 0 fully saturated rings. The van der Waals surface area contributed by atoms with Crippen LogP contribution >= 0.6 is 0 Å². The summed E-state index contributed by atoms with van der Waals surface area (Å²) < 4.78 is 8.44. The van der Waals surface area contributed by atoms with Crippen LogP contribution in [0.3, 0.4) is 0 Å². The number of anilines is 1. The van der Waals surface area contributed by atoms with E-state index in [0.29, 0.717) is 5.56 Å². The Morgan fingerprint density at radius 2 is 1.53 bits per heavy atom. The first-order chi connectivity index (χ1) is 18.8. The second-order valence-electron chi connectivity index (χ2n) is 9.62. The van der Waals surface area contributed by atoms with Crippen LogP contribution in [-0.2, 0) is 0 Å². The molecule has 178 valence electrons. The molecule has 1 N–H and O–H groups in total. The van der Waals surface area contributed by atoms with Gasteiger partial charge < -0.3 is 9.73 Å². The molecule has 5 heteroatoms. The molecular formula is C33H20N4O. The molecule has 2 aromatic heterocycles. The quantitative estimate of drug-likeness (QED) is 0.255. The molecule has 1 unspecified atom stereocenters. The van der Waals surface area contributed by atoms with Crippen LogP contribution in [-0.4, -0.2) is 10.5 Å². The summed E-state index contributed by atoms with van der Waals surface area (Å²) in [7, 11) is 0. The van der Waals surface area contributed by atoms with Gasteiger partial charge in [0.15, 0.2) is 0 Å². The van der Waals surface area contributed by atoms with Gasteiger partial charge in [-0.25, -0.2) is 4.99 Å². The van der Waals surface area contributed by atoms with Crippen molar-refractivity contribution < 1.29 is 4.42 Å². The lowest BCUT2D eigenvalue weighted by atomic mass is 9.95. The van der Waals surface area contributed by atoms with Crippen molar-refractivity contribution >= 4 is 55.4 Å². The Balaban J connectivity index is 1.44. The molecule has 0 saturated heterocycles. The summed E-state index contributed by atoms with van der Waals surface area (Å²) in [5.41, 5.74) is 7.57. The topological polar surface area (TPSA) is 66.2 Å². The fourth-order valence-corrected chi connectivity index (χ4v) is 5.75. The van der Waals surface area contributed by atoms with E-state index in [0.717, 1.165) is 66.5 Å². The molecule has 3 heterocycles. The molecule has 5 aromatic carbocycles. The number of aliphatic imine (C=N–C) groups is 1. The summed E-state index contributed by atoms with van der Waals surface area (Å²) in [6.07, 6.45) is 0. The Morgan fingerprint density at radius 1 is 0.711 bits per heavy atom. The lowest BCUT2D eigenvalue weighted by molar-refractivity contribution is 0.669. The van der Waals surface area contributed by atoms with Crippen molar-refractivity contribution in [2.75, 3.05) is 5.32 Å². The molecule has 0 spiro atoms. The highest BCUT2D eigenvalue weighted by Crippen LogP contribution is 2.39. The lowest BCUT2D eigenvalue weighted by Gasteiger charge is -2.26. The van der Waals surface area contributed by atoms with Crippen molar-refractivity contribution in [2.24, 2.45) is 4.99 Å². The summed E-state index contributed by atoms with van der Waals surface area (Å²) in [6.45, 7) is 0. The van der Waals surface area contributed by atoms with Gasteiger partial charge in [-0.05, 0) is 48.0 Å². The maximum absolute atomic E-state index is 9.53. The van der Waals surface area contributed by atoms with Crippen molar-refractivity contribution in [3.8, 4) is 6.07 Å². The number of fused-ring (bicyclic) bond motifs is 7. The van der Waals surface area contributed by atoms with E-state index in [4.69, 9.17) is 9.41 Å². The molecule has 7 aromatic rings. The largest absolute Gasteiger partial charge is 0.456 e. The predicted molar refractivity (Wildman–Crippen MR) is 153 cm³/mol. The average molecular weight is 489 g/mol. The van der Waals surface area contributed by atoms with Crippen LogP contribution in [0.2, 0.25) is 0 Å². The summed E-state index contributed by atoms with van der Waals surface area (Å²) in [5.74, 6) is 0.745. The Morgan fingerprint density at radius 3 is 2.45 bits per heavy atom. The van der Waals surface area contributed by atoms with E-state index in [1.807, 2.05) is 54.6 Å². The Bertz CT molecular complexity index is 2140. The molecule has 0 saturated carbocycles. The van der Waals surface area contributed by atoms with Gasteiger partial charge >= 0.3 is 0 Å². The molecule has 1 aliphatic rings. The number of nitrogens with one attached hydrogen (secondary N) is 1. The molecule has 0 bridgehead atoms. The van der Waals surface area contributed by atoms with E-state index in [2.05, 4.69) is 70.6 Å². The number of rotatable bonds is 1. The number of hydrogen-bond acceptors (Lipinski definition) is 4. The molecule has 8 rings (SSSR count). The van der Waals surface area contributed by atoms with Crippen LogP contribution in [0, 0.1) is 11.3 Å². The predicted octanol–water partition coefficient (Wildman–Crippen LogP) is 7.98. The minimum atomic E-state index is -0.245. The monoisotopic (exact) mass is 488 g/mol. The SMILES string of the molecule is N#Cc1cccc(C2N=C(n3c4ccccc4c4cc5oc6ccccc6c5cc43)Nc3ccccc32)c1. The molecule has 1 aliphatic heterocycles. The molecule has 1 atom stereocenters. The van der Waals surface area contributed by atoms with Gasteiger partial charge in [0.25, 0.3) is 0 Å². The Kier molecular flexibility index (Phi) is 4.29. The van der Waals surface area contributed by atoms with E-state index in [9.17, 15) is 5.26 Å². The van der Waals surface area contributed by atoms with E-state index in [1.54, 1.807) is 0 Å². The highest BCUT2D eigenvalue weighted by atomic mass is 16.3. The summed E-state index contributed by atoms with van der Waals surface area (Å²) in [4.78, 5) is 5.28. The highest BCUT2D eigenvalue weighted by Gasteiger charge is 2.26. The van der Waals surface area contributed by atoms with E-state index < -0.39 is 0 Å². The number of nitrogens with zero attached hydrogens (tertiary/aromatic N) is 3. The Hall–Kier alpha value is -5.34. The van der Waals surface area contributed by atoms with Crippen molar-refractivity contribution in [2.45, 2.75) is 6.04 Å². The molecular weight excluding hydrogens is 468 g/mol. The smallest absolute Gasteiger partial charge is 0.208 e. The normalized spacial score (nSPS) is 14.9. The number of para-hydroxylation sites is 3. The molecule has 0 amide bonds. The number of aromatic nitrogens is 1. The molecule has 38 heavy (non-hydrogen) atoms. The van der Waals surface area contributed by atoms with Crippen LogP contribution in [0.25, 0.3) is 43.7 Å². The number of benzene rings is 5. The molecule has 0 radical (unpaired) electrons.